The van der Waals surface area contributed by atoms with Crippen molar-refractivity contribution < 1.29 is 0 Å². The van der Waals surface area contributed by atoms with E-state index in [9.17, 15) is 0 Å². The molecule has 0 saturated carbocycles. The van der Waals surface area contributed by atoms with Crippen LogP contribution in [-0.2, 0) is 0 Å². The third-order valence-electron chi connectivity index (χ3n) is 3.13. The van der Waals surface area contributed by atoms with Crippen LogP contribution in [0.1, 0.15) is 45.4 Å². The van der Waals surface area contributed by atoms with Gasteiger partial charge in [0.1, 0.15) is 0 Å². The van der Waals surface area contributed by atoms with Crippen LogP contribution < -0.4 is 0 Å². The van der Waals surface area contributed by atoms with Crippen molar-refractivity contribution in [2.75, 3.05) is 0 Å². The van der Waals surface area contributed by atoms with Crippen molar-refractivity contribution in [3.05, 3.63) is 28.0 Å². The molecule has 0 spiro atoms. The van der Waals surface area contributed by atoms with Gasteiger partial charge in [0, 0.05) is 27.6 Å². The molecule has 1 heterocycles. The first-order chi connectivity index (χ1) is 8.45. The van der Waals surface area contributed by atoms with E-state index in [1.807, 2.05) is 26.8 Å². The lowest BCUT2D eigenvalue weighted by atomic mass is 10.1. The van der Waals surface area contributed by atoms with Gasteiger partial charge in [0.25, 0.3) is 0 Å². The molecule has 0 N–H and O–H groups in total. The molecule has 1 rings (SSSR count). The first-order valence-corrected chi connectivity index (χ1v) is 6.96. The van der Waals surface area contributed by atoms with E-state index in [0.717, 1.165) is 33.6 Å². The van der Waals surface area contributed by atoms with E-state index in [-0.39, 0.29) is 0 Å². The van der Waals surface area contributed by atoms with E-state index in [2.05, 4.69) is 45.0 Å². The number of hydrogen-bond donors (Lipinski definition) is 0. The average Bonchev–Trinajstić information content (AvgIpc) is 2.37. The monoisotopic (exact) mass is 309 g/mol. The minimum absolute atomic E-state index is 0.475. The Labute approximate surface area is 118 Å². The summed E-state index contributed by atoms with van der Waals surface area (Å²) in [6, 6.07) is 2.02. The SMILES string of the molecule is CCC(C)/C(C)=N/N=C(\C)c1cc(Br)cnc1C. The Morgan fingerprint density at radius 2 is 2.06 bits per heavy atom. The van der Waals surface area contributed by atoms with Gasteiger partial charge in [-0.25, -0.2) is 0 Å². The Kier molecular flexibility index (Phi) is 5.66. The minimum atomic E-state index is 0.475. The van der Waals surface area contributed by atoms with Crippen LogP contribution in [0.25, 0.3) is 0 Å². The Hall–Kier alpha value is -1.03. The second-order valence-corrected chi connectivity index (χ2v) is 5.44. The standard InChI is InChI=1S/C14H20BrN3/c1-6-9(2)10(3)17-18-12(5)14-7-13(15)8-16-11(14)4/h7-9H,6H2,1-5H3/b17-10+,18-12+. The summed E-state index contributed by atoms with van der Waals surface area (Å²) >= 11 is 3.43. The highest BCUT2D eigenvalue weighted by Crippen LogP contribution is 2.14. The number of aromatic nitrogens is 1. The van der Waals surface area contributed by atoms with Gasteiger partial charge in [-0.2, -0.15) is 10.2 Å². The molecule has 0 saturated heterocycles. The van der Waals surface area contributed by atoms with Crippen LogP contribution in [0.15, 0.2) is 26.9 Å². The minimum Gasteiger partial charge on any atom is -0.260 e. The van der Waals surface area contributed by atoms with Crippen LogP contribution in [0.5, 0.6) is 0 Å². The number of rotatable bonds is 4. The Morgan fingerprint density at radius 1 is 1.39 bits per heavy atom. The summed E-state index contributed by atoms with van der Waals surface area (Å²) in [5.41, 5.74) is 3.96. The smallest absolute Gasteiger partial charge is 0.0690 e. The maximum Gasteiger partial charge on any atom is 0.0690 e. The maximum absolute atomic E-state index is 4.31. The lowest BCUT2D eigenvalue weighted by Gasteiger charge is -2.06. The second kappa shape index (κ2) is 6.78. The van der Waals surface area contributed by atoms with Crippen molar-refractivity contribution in [1.82, 2.24) is 4.98 Å². The van der Waals surface area contributed by atoms with Gasteiger partial charge < -0.3 is 0 Å². The molecule has 0 radical (unpaired) electrons. The third-order valence-corrected chi connectivity index (χ3v) is 3.56. The average molecular weight is 310 g/mol. The first-order valence-electron chi connectivity index (χ1n) is 6.17. The molecule has 3 nitrogen and oxygen atoms in total. The zero-order valence-corrected chi connectivity index (χ0v) is 13.2. The van der Waals surface area contributed by atoms with Gasteiger partial charge in [-0.05, 0) is 55.1 Å². The van der Waals surface area contributed by atoms with Crippen LogP contribution in [0.2, 0.25) is 0 Å². The topological polar surface area (TPSA) is 37.6 Å². The lowest BCUT2D eigenvalue weighted by Crippen LogP contribution is -2.05. The van der Waals surface area contributed by atoms with Crippen LogP contribution in [-0.4, -0.2) is 16.4 Å². The van der Waals surface area contributed by atoms with E-state index < -0.39 is 0 Å². The molecule has 0 aromatic carbocycles. The summed E-state index contributed by atoms with van der Waals surface area (Å²) in [5.74, 6) is 0.475. The van der Waals surface area contributed by atoms with Crippen molar-refractivity contribution in [1.29, 1.82) is 0 Å². The fraction of sp³-hybridized carbons (Fsp3) is 0.500. The highest BCUT2D eigenvalue weighted by Gasteiger charge is 2.05. The molecule has 1 atom stereocenters. The van der Waals surface area contributed by atoms with Gasteiger partial charge in [0.2, 0.25) is 0 Å². The van der Waals surface area contributed by atoms with E-state index in [4.69, 9.17) is 0 Å². The second-order valence-electron chi connectivity index (χ2n) is 4.52. The number of pyridine rings is 1. The quantitative estimate of drug-likeness (QED) is 0.600. The molecule has 0 aliphatic rings. The normalized spacial score (nSPS) is 14.8. The van der Waals surface area contributed by atoms with Gasteiger partial charge in [0.05, 0.1) is 5.71 Å². The number of halogens is 1. The summed E-state index contributed by atoms with van der Waals surface area (Å²) in [6.45, 7) is 10.3. The summed E-state index contributed by atoms with van der Waals surface area (Å²) in [4.78, 5) is 4.30. The molecule has 1 aromatic heterocycles. The molecule has 0 aliphatic heterocycles. The summed E-state index contributed by atoms with van der Waals surface area (Å²) < 4.78 is 0.959. The van der Waals surface area contributed by atoms with Crippen molar-refractivity contribution in [3.8, 4) is 0 Å². The van der Waals surface area contributed by atoms with Gasteiger partial charge in [-0.1, -0.05) is 13.8 Å². The van der Waals surface area contributed by atoms with Crippen LogP contribution in [0.4, 0.5) is 0 Å². The van der Waals surface area contributed by atoms with Crippen LogP contribution >= 0.6 is 15.9 Å². The van der Waals surface area contributed by atoms with E-state index >= 15 is 0 Å². The molecule has 0 fully saturated rings. The van der Waals surface area contributed by atoms with Crippen LogP contribution in [0, 0.1) is 12.8 Å². The third kappa shape index (κ3) is 4.02. The van der Waals surface area contributed by atoms with Crippen LogP contribution in [0.3, 0.4) is 0 Å². The molecule has 18 heavy (non-hydrogen) atoms. The fourth-order valence-electron chi connectivity index (χ4n) is 1.48. The van der Waals surface area contributed by atoms with Gasteiger partial charge in [-0.15, -0.1) is 0 Å². The lowest BCUT2D eigenvalue weighted by molar-refractivity contribution is 0.732. The summed E-state index contributed by atoms with van der Waals surface area (Å²) in [5, 5.41) is 8.61. The van der Waals surface area contributed by atoms with Crippen molar-refractivity contribution in [2.45, 2.75) is 41.0 Å². The van der Waals surface area contributed by atoms with Crippen molar-refractivity contribution in [3.63, 3.8) is 0 Å². The number of aryl methyl sites for hydroxylation is 1. The highest BCUT2D eigenvalue weighted by molar-refractivity contribution is 9.10. The Balaban J connectivity index is 2.99. The molecule has 98 valence electrons. The molecular formula is C14H20BrN3. The van der Waals surface area contributed by atoms with Crippen molar-refractivity contribution in [2.24, 2.45) is 16.1 Å². The van der Waals surface area contributed by atoms with Gasteiger partial charge >= 0.3 is 0 Å². The summed E-state index contributed by atoms with van der Waals surface area (Å²) in [6.07, 6.45) is 2.88. The number of hydrogen-bond acceptors (Lipinski definition) is 3. The van der Waals surface area contributed by atoms with Gasteiger partial charge in [-0.3, -0.25) is 4.98 Å². The van der Waals surface area contributed by atoms with E-state index in [0.29, 0.717) is 5.92 Å². The molecular weight excluding hydrogens is 290 g/mol. The van der Waals surface area contributed by atoms with Crippen molar-refractivity contribution >= 4 is 27.4 Å². The van der Waals surface area contributed by atoms with E-state index in [1.165, 1.54) is 0 Å². The molecule has 1 aromatic rings. The Bertz CT molecular complexity index is 478. The first kappa shape index (κ1) is 15.0. The molecule has 0 amide bonds. The Morgan fingerprint density at radius 3 is 2.67 bits per heavy atom. The number of nitrogens with zero attached hydrogens (tertiary/aromatic N) is 3. The fourth-order valence-corrected chi connectivity index (χ4v) is 1.81. The molecule has 1 unspecified atom stereocenters. The largest absolute Gasteiger partial charge is 0.260 e. The van der Waals surface area contributed by atoms with E-state index in [1.54, 1.807) is 6.20 Å². The molecule has 0 aliphatic carbocycles. The van der Waals surface area contributed by atoms with Gasteiger partial charge in [0.15, 0.2) is 0 Å². The predicted octanol–water partition coefficient (Wildman–Crippen LogP) is 4.38. The molecule has 4 heteroatoms. The highest BCUT2D eigenvalue weighted by atomic mass is 79.9. The zero-order chi connectivity index (χ0) is 13.7. The predicted molar refractivity (Wildman–Crippen MR) is 81.4 cm³/mol. The molecule has 0 bridgehead atoms. The summed E-state index contributed by atoms with van der Waals surface area (Å²) in [7, 11) is 0. The maximum atomic E-state index is 4.31. The zero-order valence-electron chi connectivity index (χ0n) is 11.7.